The Kier molecular flexibility index (Phi) is 12.2. The van der Waals surface area contributed by atoms with Gasteiger partial charge in [-0.1, -0.05) is 0 Å². The molecule has 25 heavy (non-hydrogen) atoms. The maximum Gasteiger partial charge on any atom is 0.389 e. The lowest BCUT2D eigenvalue weighted by Gasteiger charge is -2.16. The molecule has 1 aliphatic heterocycles. The monoisotopic (exact) mass is 480 g/mol. The number of nitrogens with zero attached hydrogens (tertiary/aromatic N) is 2. The Hall–Kier alpha value is -0.780. The third-order valence-corrected chi connectivity index (χ3v) is 3.63. The first-order chi connectivity index (χ1) is 11.3. The fraction of sp³-hybridized carbons (Fsp3) is 0.867. The van der Waals surface area contributed by atoms with E-state index in [2.05, 4.69) is 15.6 Å². The van der Waals surface area contributed by atoms with Gasteiger partial charge in [-0.3, -0.25) is 4.79 Å². The smallest absolute Gasteiger partial charge is 0.381 e. The van der Waals surface area contributed by atoms with Gasteiger partial charge in [-0.2, -0.15) is 13.2 Å². The fourth-order valence-corrected chi connectivity index (χ4v) is 2.10. The number of hydrogen-bond donors (Lipinski definition) is 2. The van der Waals surface area contributed by atoms with Crippen LogP contribution in [0.1, 0.15) is 25.7 Å². The van der Waals surface area contributed by atoms with Crippen LogP contribution in [0.5, 0.6) is 0 Å². The summed E-state index contributed by atoms with van der Waals surface area (Å²) in [6, 6.07) is 0. The second-order valence-corrected chi connectivity index (χ2v) is 6.06. The number of nitrogens with one attached hydrogen (secondary N) is 2. The average Bonchev–Trinajstić information content (AvgIpc) is 3.00. The zero-order valence-corrected chi connectivity index (χ0v) is 17.0. The first-order valence-electron chi connectivity index (χ1n) is 8.15. The lowest BCUT2D eigenvalue weighted by molar-refractivity contribution is -0.135. The van der Waals surface area contributed by atoms with Gasteiger partial charge in [0.05, 0.1) is 6.61 Å². The predicted molar refractivity (Wildman–Crippen MR) is 101 cm³/mol. The molecule has 0 spiro atoms. The Balaban J connectivity index is 0.00000576. The molecule has 0 saturated carbocycles. The molecule has 2 N–H and O–H groups in total. The van der Waals surface area contributed by atoms with Gasteiger partial charge in [-0.15, -0.1) is 24.0 Å². The minimum Gasteiger partial charge on any atom is -0.381 e. The molecule has 0 aromatic heterocycles. The third-order valence-electron chi connectivity index (χ3n) is 3.63. The number of amides is 1. The van der Waals surface area contributed by atoms with Crippen molar-refractivity contribution in [2.45, 2.75) is 31.9 Å². The number of guanidine groups is 1. The van der Waals surface area contributed by atoms with Gasteiger partial charge in [0.2, 0.25) is 5.91 Å². The zero-order valence-electron chi connectivity index (χ0n) is 14.7. The van der Waals surface area contributed by atoms with Crippen LogP contribution >= 0.6 is 24.0 Å². The molecule has 0 aromatic carbocycles. The van der Waals surface area contributed by atoms with Crippen molar-refractivity contribution in [2.24, 2.45) is 10.9 Å². The molecule has 1 fully saturated rings. The summed E-state index contributed by atoms with van der Waals surface area (Å²) in [4.78, 5) is 17.2. The zero-order chi connectivity index (χ0) is 18.0. The SMILES string of the molecule is CN(C)C(=O)CN=C(NCCCCC(F)(F)F)NCC1CCOC1.I. The number of carbonyl (C=O) groups is 1. The van der Waals surface area contributed by atoms with E-state index in [1.54, 1.807) is 14.1 Å². The highest BCUT2D eigenvalue weighted by Crippen LogP contribution is 2.21. The number of rotatable bonds is 8. The fourth-order valence-electron chi connectivity index (χ4n) is 2.10. The van der Waals surface area contributed by atoms with Crippen LogP contribution in [-0.2, 0) is 9.53 Å². The summed E-state index contributed by atoms with van der Waals surface area (Å²) in [5, 5.41) is 6.11. The molecule has 10 heteroatoms. The van der Waals surface area contributed by atoms with Gasteiger partial charge in [0.15, 0.2) is 5.96 Å². The summed E-state index contributed by atoms with van der Waals surface area (Å²) in [6.45, 7) is 2.45. The summed E-state index contributed by atoms with van der Waals surface area (Å²) >= 11 is 0. The van der Waals surface area contributed by atoms with Gasteiger partial charge in [0, 0.05) is 46.1 Å². The van der Waals surface area contributed by atoms with Gasteiger partial charge in [0.25, 0.3) is 0 Å². The Morgan fingerprint density at radius 3 is 2.56 bits per heavy atom. The minimum atomic E-state index is -4.12. The van der Waals surface area contributed by atoms with Crippen LogP contribution < -0.4 is 10.6 Å². The molecular weight excluding hydrogens is 452 g/mol. The van der Waals surface area contributed by atoms with Crippen molar-refractivity contribution in [3.8, 4) is 0 Å². The Morgan fingerprint density at radius 1 is 1.28 bits per heavy atom. The topological polar surface area (TPSA) is 66.0 Å². The highest BCUT2D eigenvalue weighted by molar-refractivity contribution is 14.0. The molecule has 0 bridgehead atoms. The van der Waals surface area contributed by atoms with Crippen molar-refractivity contribution in [3.63, 3.8) is 0 Å². The molecule has 1 unspecified atom stereocenters. The number of carbonyl (C=O) groups excluding carboxylic acids is 1. The number of aliphatic imine (C=N–C) groups is 1. The maximum atomic E-state index is 12.1. The van der Waals surface area contributed by atoms with Crippen molar-refractivity contribution in [1.82, 2.24) is 15.5 Å². The van der Waals surface area contributed by atoms with Crippen molar-refractivity contribution in [1.29, 1.82) is 0 Å². The van der Waals surface area contributed by atoms with E-state index < -0.39 is 12.6 Å². The predicted octanol–water partition coefficient (Wildman–Crippen LogP) is 2.00. The van der Waals surface area contributed by atoms with Gasteiger partial charge >= 0.3 is 6.18 Å². The summed E-state index contributed by atoms with van der Waals surface area (Å²) in [7, 11) is 3.29. The van der Waals surface area contributed by atoms with E-state index in [9.17, 15) is 18.0 Å². The molecule has 1 heterocycles. The number of likely N-dealkylation sites (N-methyl/N-ethyl adjacent to an activating group) is 1. The van der Waals surface area contributed by atoms with Gasteiger partial charge < -0.3 is 20.3 Å². The molecule has 0 aromatic rings. The molecule has 1 aliphatic rings. The van der Waals surface area contributed by atoms with Crippen molar-refractivity contribution in [2.75, 3.05) is 46.9 Å². The van der Waals surface area contributed by atoms with Gasteiger partial charge in [-0.05, 0) is 19.3 Å². The van der Waals surface area contributed by atoms with Crippen LogP contribution in [0.2, 0.25) is 0 Å². The second kappa shape index (κ2) is 12.6. The van der Waals surface area contributed by atoms with Crippen molar-refractivity contribution in [3.05, 3.63) is 0 Å². The van der Waals surface area contributed by atoms with E-state index in [-0.39, 0.29) is 42.8 Å². The van der Waals surface area contributed by atoms with Crippen LogP contribution in [0.3, 0.4) is 0 Å². The first-order valence-corrected chi connectivity index (χ1v) is 8.15. The van der Waals surface area contributed by atoms with Gasteiger partial charge in [-0.25, -0.2) is 4.99 Å². The Morgan fingerprint density at radius 2 is 2.00 bits per heavy atom. The lowest BCUT2D eigenvalue weighted by Crippen LogP contribution is -2.41. The van der Waals surface area contributed by atoms with Crippen LogP contribution in [-0.4, -0.2) is 69.9 Å². The number of halogens is 4. The highest BCUT2D eigenvalue weighted by Gasteiger charge is 2.25. The highest BCUT2D eigenvalue weighted by atomic mass is 127. The third kappa shape index (κ3) is 12.2. The van der Waals surface area contributed by atoms with Crippen LogP contribution in [0.4, 0.5) is 13.2 Å². The normalized spacial score (nSPS) is 17.8. The number of ether oxygens (including phenoxy) is 1. The standard InChI is InChI=1S/C15H27F3N4O2.HI/c1-22(2)13(23)10-21-14(20-9-12-5-8-24-11-12)19-7-4-3-6-15(16,17)18;/h12H,3-11H2,1-2H3,(H2,19,20,21);1H. The molecule has 1 atom stereocenters. The van der Waals surface area contributed by atoms with E-state index in [0.717, 1.165) is 13.0 Å². The second-order valence-electron chi connectivity index (χ2n) is 6.06. The van der Waals surface area contributed by atoms with Crippen LogP contribution in [0.25, 0.3) is 0 Å². The maximum absolute atomic E-state index is 12.1. The van der Waals surface area contributed by atoms with E-state index in [1.165, 1.54) is 4.90 Å². The van der Waals surface area contributed by atoms with Crippen molar-refractivity contribution >= 4 is 35.8 Å². The molecule has 6 nitrogen and oxygen atoms in total. The van der Waals surface area contributed by atoms with E-state index in [4.69, 9.17) is 4.74 Å². The molecule has 1 saturated heterocycles. The number of hydrogen-bond acceptors (Lipinski definition) is 3. The van der Waals surface area contributed by atoms with Gasteiger partial charge in [0.1, 0.15) is 6.54 Å². The summed E-state index contributed by atoms with van der Waals surface area (Å²) in [5.74, 6) is 0.688. The molecule has 0 radical (unpaired) electrons. The molecule has 0 aliphatic carbocycles. The lowest BCUT2D eigenvalue weighted by atomic mass is 10.1. The Labute approximate surface area is 164 Å². The quantitative estimate of drug-likeness (QED) is 0.242. The molecule has 148 valence electrons. The Bertz CT molecular complexity index is 414. The first kappa shape index (κ1) is 24.2. The summed E-state index contributed by atoms with van der Waals surface area (Å²) in [5.41, 5.74) is 0. The molecular formula is C15H28F3IN4O2. The summed E-state index contributed by atoms with van der Waals surface area (Å²) < 4.78 is 41.6. The van der Waals surface area contributed by atoms with E-state index in [0.29, 0.717) is 38.0 Å². The largest absolute Gasteiger partial charge is 0.389 e. The van der Waals surface area contributed by atoms with Crippen molar-refractivity contribution < 1.29 is 22.7 Å². The van der Waals surface area contributed by atoms with E-state index >= 15 is 0 Å². The number of unbranched alkanes of at least 4 members (excludes halogenated alkanes) is 1. The molecule has 1 rings (SSSR count). The van der Waals surface area contributed by atoms with Crippen LogP contribution in [0, 0.1) is 5.92 Å². The molecule has 1 amide bonds. The average molecular weight is 480 g/mol. The summed E-state index contributed by atoms with van der Waals surface area (Å²) in [6.07, 6.45) is -3.49. The van der Waals surface area contributed by atoms with E-state index in [1.807, 2.05) is 0 Å². The van der Waals surface area contributed by atoms with Crippen LogP contribution in [0.15, 0.2) is 4.99 Å². The minimum absolute atomic E-state index is 0. The number of alkyl halides is 3.